The van der Waals surface area contributed by atoms with E-state index in [1.54, 1.807) is 19.1 Å². The smallest absolute Gasteiger partial charge is 0.270 e. The molecule has 3 rings (SSSR count). The van der Waals surface area contributed by atoms with E-state index in [1.165, 1.54) is 0 Å². The second-order valence-corrected chi connectivity index (χ2v) is 6.00. The summed E-state index contributed by atoms with van der Waals surface area (Å²) in [5.41, 5.74) is 1.39. The molecule has 0 aliphatic carbocycles. The number of aromatic nitrogens is 3. The van der Waals surface area contributed by atoms with Crippen LogP contribution in [0.2, 0.25) is 0 Å². The molecule has 7 heteroatoms. The van der Waals surface area contributed by atoms with Gasteiger partial charge in [0.05, 0.1) is 13.7 Å². The molecule has 0 bridgehead atoms. The summed E-state index contributed by atoms with van der Waals surface area (Å²) in [6, 6.07) is 7.44. The average molecular weight is 328 g/mol. The Morgan fingerprint density at radius 1 is 1.38 bits per heavy atom. The van der Waals surface area contributed by atoms with Gasteiger partial charge in [0.25, 0.3) is 5.91 Å². The maximum Gasteiger partial charge on any atom is 0.270 e. The first-order chi connectivity index (χ1) is 11.5. The fraction of sp³-hybridized carbons (Fsp3) is 0.353. The number of amides is 1. The zero-order valence-corrected chi connectivity index (χ0v) is 14.2. The van der Waals surface area contributed by atoms with Crippen LogP contribution in [0, 0.1) is 0 Å². The number of carbonyl (C=O) groups excluding carboxylic acids is 1. The Kier molecular flexibility index (Phi) is 4.24. The van der Waals surface area contributed by atoms with Crippen LogP contribution in [-0.2, 0) is 6.54 Å². The summed E-state index contributed by atoms with van der Waals surface area (Å²) in [6.07, 6.45) is 0. The van der Waals surface area contributed by atoms with Crippen molar-refractivity contribution < 1.29 is 14.1 Å². The maximum absolute atomic E-state index is 12.6. The molecule has 2 heterocycles. The zero-order valence-electron chi connectivity index (χ0n) is 14.2. The van der Waals surface area contributed by atoms with Crippen molar-refractivity contribution in [1.29, 1.82) is 0 Å². The van der Waals surface area contributed by atoms with Gasteiger partial charge < -0.3 is 19.1 Å². The summed E-state index contributed by atoms with van der Waals surface area (Å²) in [5, 5.41) is 4.84. The number of ether oxygens (including phenoxy) is 1. The van der Waals surface area contributed by atoms with Gasteiger partial charge in [0, 0.05) is 23.9 Å². The predicted octanol–water partition coefficient (Wildman–Crippen LogP) is 2.96. The molecule has 2 aromatic heterocycles. The van der Waals surface area contributed by atoms with Gasteiger partial charge >= 0.3 is 0 Å². The molecule has 1 N–H and O–H groups in total. The molecule has 0 saturated carbocycles. The molecule has 0 aliphatic heterocycles. The Morgan fingerprint density at radius 2 is 2.17 bits per heavy atom. The lowest BCUT2D eigenvalue weighted by atomic mass is 10.2. The van der Waals surface area contributed by atoms with Gasteiger partial charge in [0.15, 0.2) is 5.82 Å². The molecule has 0 radical (unpaired) electrons. The average Bonchev–Trinajstić information content (AvgIpc) is 3.19. The van der Waals surface area contributed by atoms with Crippen LogP contribution in [-0.4, -0.2) is 40.1 Å². The summed E-state index contributed by atoms with van der Waals surface area (Å²) in [5.74, 6) is 1.84. The standard InChI is InChI=1S/C17H20N4O3/c1-10(2)16-19-15(20-24-16)9-21(3)17(22)14-8-11-7-12(23-4)5-6-13(11)18-14/h5-8,10,18H,9H2,1-4H3. The Balaban J connectivity index is 1.77. The highest BCUT2D eigenvalue weighted by Gasteiger charge is 2.18. The number of nitrogens with one attached hydrogen (secondary N) is 1. The van der Waals surface area contributed by atoms with Crippen molar-refractivity contribution in [1.82, 2.24) is 20.0 Å². The number of H-pyrrole nitrogens is 1. The minimum atomic E-state index is -0.138. The van der Waals surface area contributed by atoms with Crippen LogP contribution in [0.1, 0.15) is 42.0 Å². The summed E-state index contributed by atoms with van der Waals surface area (Å²) in [4.78, 5) is 21.6. The molecule has 3 aromatic rings. The largest absolute Gasteiger partial charge is 0.497 e. The lowest BCUT2D eigenvalue weighted by Crippen LogP contribution is -2.27. The number of benzene rings is 1. The molecule has 126 valence electrons. The summed E-state index contributed by atoms with van der Waals surface area (Å²) in [6.45, 7) is 4.24. The third-order valence-electron chi connectivity index (χ3n) is 3.76. The fourth-order valence-corrected chi connectivity index (χ4v) is 2.41. The number of fused-ring (bicyclic) bond motifs is 1. The molecule has 1 amide bonds. The number of nitrogens with zero attached hydrogens (tertiary/aromatic N) is 3. The summed E-state index contributed by atoms with van der Waals surface area (Å²) < 4.78 is 10.4. The van der Waals surface area contributed by atoms with E-state index in [0.29, 0.717) is 17.4 Å². The van der Waals surface area contributed by atoms with Crippen molar-refractivity contribution >= 4 is 16.8 Å². The van der Waals surface area contributed by atoms with Crippen LogP contribution in [0.3, 0.4) is 0 Å². The Morgan fingerprint density at radius 3 is 2.83 bits per heavy atom. The molecule has 0 spiro atoms. The second kappa shape index (κ2) is 6.35. The predicted molar refractivity (Wildman–Crippen MR) is 89.0 cm³/mol. The van der Waals surface area contributed by atoms with Crippen molar-refractivity contribution in [3.8, 4) is 5.75 Å². The highest BCUT2D eigenvalue weighted by Crippen LogP contribution is 2.22. The van der Waals surface area contributed by atoms with Crippen LogP contribution >= 0.6 is 0 Å². The van der Waals surface area contributed by atoms with Crippen molar-refractivity contribution in [2.45, 2.75) is 26.3 Å². The second-order valence-electron chi connectivity index (χ2n) is 6.00. The van der Waals surface area contributed by atoms with Gasteiger partial charge in [-0.05, 0) is 24.3 Å². The van der Waals surface area contributed by atoms with E-state index in [0.717, 1.165) is 16.7 Å². The molecular formula is C17H20N4O3. The molecule has 0 saturated heterocycles. The van der Waals surface area contributed by atoms with Crippen LogP contribution < -0.4 is 4.74 Å². The molecular weight excluding hydrogens is 308 g/mol. The minimum Gasteiger partial charge on any atom is -0.497 e. The van der Waals surface area contributed by atoms with Gasteiger partial charge in [-0.2, -0.15) is 4.98 Å². The lowest BCUT2D eigenvalue weighted by molar-refractivity contribution is 0.0776. The third-order valence-corrected chi connectivity index (χ3v) is 3.76. The topological polar surface area (TPSA) is 84.3 Å². The molecule has 24 heavy (non-hydrogen) atoms. The molecule has 0 unspecified atom stereocenters. The monoisotopic (exact) mass is 328 g/mol. The highest BCUT2D eigenvalue weighted by atomic mass is 16.5. The van der Waals surface area contributed by atoms with E-state index in [9.17, 15) is 4.79 Å². The minimum absolute atomic E-state index is 0.138. The first-order valence-corrected chi connectivity index (χ1v) is 7.72. The number of carbonyl (C=O) groups is 1. The van der Waals surface area contributed by atoms with Gasteiger partial charge in [-0.25, -0.2) is 0 Å². The van der Waals surface area contributed by atoms with Crippen molar-refractivity contribution in [3.05, 3.63) is 41.7 Å². The van der Waals surface area contributed by atoms with E-state index in [2.05, 4.69) is 15.1 Å². The lowest BCUT2D eigenvalue weighted by Gasteiger charge is -2.13. The van der Waals surface area contributed by atoms with Crippen LogP contribution in [0.5, 0.6) is 5.75 Å². The van der Waals surface area contributed by atoms with E-state index in [4.69, 9.17) is 9.26 Å². The van der Waals surface area contributed by atoms with Gasteiger partial charge in [-0.1, -0.05) is 19.0 Å². The normalized spacial score (nSPS) is 11.2. The van der Waals surface area contributed by atoms with Gasteiger partial charge in [0.1, 0.15) is 11.4 Å². The summed E-state index contributed by atoms with van der Waals surface area (Å²) >= 11 is 0. The van der Waals surface area contributed by atoms with Crippen LogP contribution in [0.4, 0.5) is 0 Å². The zero-order chi connectivity index (χ0) is 17.3. The Hall–Kier alpha value is -2.83. The Labute approximate surface area is 139 Å². The first kappa shape index (κ1) is 16.0. The Bertz CT molecular complexity index is 866. The van der Waals surface area contributed by atoms with E-state index >= 15 is 0 Å². The van der Waals surface area contributed by atoms with Crippen molar-refractivity contribution in [2.24, 2.45) is 0 Å². The number of hydrogen-bond acceptors (Lipinski definition) is 5. The van der Waals surface area contributed by atoms with Gasteiger partial charge in [-0.15, -0.1) is 0 Å². The van der Waals surface area contributed by atoms with Crippen LogP contribution in [0.25, 0.3) is 10.9 Å². The van der Waals surface area contributed by atoms with E-state index in [-0.39, 0.29) is 18.4 Å². The fourth-order valence-electron chi connectivity index (χ4n) is 2.41. The number of rotatable bonds is 5. The van der Waals surface area contributed by atoms with Crippen molar-refractivity contribution in [3.63, 3.8) is 0 Å². The maximum atomic E-state index is 12.6. The highest BCUT2D eigenvalue weighted by molar-refractivity contribution is 5.98. The third kappa shape index (κ3) is 3.10. The SMILES string of the molecule is COc1ccc2[nH]c(C(=O)N(C)Cc3noc(C(C)C)n3)cc2c1. The number of methoxy groups -OCH3 is 1. The summed E-state index contributed by atoms with van der Waals surface area (Å²) in [7, 11) is 3.32. The molecule has 0 aliphatic rings. The van der Waals surface area contributed by atoms with Crippen LogP contribution in [0.15, 0.2) is 28.8 Å². The molecule has 7 nitrogen and oxygen atoms in total. The van der Waals surface area contributed by atoms with Crippen molar-refractivity contribution in [2.75, 3.05) is 14.2 Å². The quantitative estimate of drug-likeness (QED) is 0.778. The van der Waals surface area contributed by atoms with Gasteiger partial charge in [-0.3, -0.25) is 4.79 Å². The number of aromatic amines is 1. The molecule has 0 fully saturated rings. The first-order valence-electron chi connectivity index (χ1n) is 7.72. The van der Waals surface area contributed by atoms with Gasteiger partial charge in [0.2, 0.25) is 5.89 Å². The molecule has 1 aromatic carbocycles. The molecule has 0 atom stereocenters. The number of hydrogen-bond donors (Lipinski definition) is 1. The van der Waals surface area contributed by atoms with E-state index in [1.807, 2.05) is 38.1 Å². The van der Waals surface area contributed by atoms with E-state index < -0.39 is 0 Å².